The SMILES string of the molecule is C=CCn1c(SCC(=O)Nc2cc([N+](=O)[O-])ccc2F)nnc1-c1ccccc1F. The maximum Gasteiger partial charge on any atom is 0.271 e. The van der Waals surface area contributed by atoms with Crippen molar-refractivity contribution in [2.24, 2.45) is 0 Å². The molecule has 11 heteroatoms. The molecular formula is C19H15F2N5O3S. The second-order valence-corrected chi connectivity index (χ2v) is 6.89. The molecule has 0 bridgehead atoms. The van der Waals surface area contributed by atoms with Gasteiger partial charge in [0.1, 0.15) is 11.6 Å². The summed E-state index contributed by atoms with van der Waals surface area (Å²) >= 11 is 1.00. The van der Waals surface area contributed by atoms with Crippen LogP contribution in [0, 0.1) is 21.7 Å². The number of hydrogen-bond donors (Lipinski definition) is 1. The van der Waals surface area contributed by atoms with E-state index in [0.29, 0.717) is 5.16 Å². The van der Waals surface area contributed by atoms with Crippen molar-refractivity contribution in [2.45, 2.75) is 11.7 Å². The lowest BCUT2D eigenvalue weighted by Crippen LogP contribution is -2.16. The topological polar surface area (TPSA) is 103 Å². The Kier molecular flexibility index (Phi) is 6.52. The number of thioether (sulfide) groups is 1. The number of nitro benzene ring substituents is 1. The Bertz CT molecular complexity index is 1120. The first-order valence-corrected chi connectivity index (χ1v) is 9.55. The van der Waals surface area contributed by atoms with Gasteiger partial charge in [-0.05, 0) is 18.2 Å². The van der Waals surface area contributed by atoms with E-state index in [1.807, 2.05) is 0 Å². The van der Waals surface area contributed by atoms with Crippen molar-refractivity contribution in [1.29, 1.82) is 0 Å². The Morgan fingerprint density at radius 2 is 2.00 bits per heavy atom. The van der Waals surface area contributed by atoms with Crippen molar-refractivity contribution in [3.05, 3.63) is 76.9 Å². The van der Waals surface area contributed by atoms with E-state index >= 15 is 0 Å². The van der Waals surface area contributed by atoms with Crippen molar-refractivity contribution in [3.8, 4) is 11.4 Å². The molecule has 30 heavy (non-hydrogen) atoms. The highest BCUT2D eigenvalue weighted by Crippen LogP contribution is 2.26. The van der Waals surface area contributed by atoms with Gasteiger partial charge < -0.3 is 5.32 Å². The minimum atomic E-state index is -0.796. The molecule has 0 fully saturated rings. The summed E-state index contributed by atoms with van der Waals surface area (Å²) in [5.41, 5.74) is -0.393. The van der Waals surface area contributed by atoms with Crippen LogP contribution >= 0.6 is 11.8 Å². The molecule has 1 N–H and O–H groups in total. The van der Waals surface area contributed by atoms with Crippen molar-refractivity contribution in [2.75, 3.05) is 11.1 Å². The van der Waals surface area contributed by atoms with E-state index in [2.05, 4.69) is 22.1 Å². The van der Waals surface area contributed by atoms with Crippen LogP contribution in [-0.4, -0.2) is 31.3 Å². The van der Waals surface area contributed by atoms with Gasteiger partial charge in [0.25, 0.3) is 5.69 Å². The molecule has 0 saturated carbocycles. The number of allylic oxidation sites excluding steroid dienone is 1. The normalized spacial score (nSPS) is 10.6. The highest BCUT2D eigenvalue weighted by Gasteiger charge is 2.18. The average molecular weight is 431 g/mol. The van der Waals surface area contributed by atoms with E-state index < -0.39 is 22.5 Å². The number of carbonyl (C=O) groups excluding carboxylic acids is 1. The Morgan fingerprint density at radius 3 is 2.70 bits per heavy atom. The summed E-state index contributed by atoms with van der Waals surface area (Å²) in [6.45, 7) is 3.94. The number of halogens is 2. The molecule has 1 heterocycles. The first-order chi connectivity index (χ1) is 14.4. The minimum Gasteiger partial charge on any atom is -0.323 e. The summed E-state index contributed by atoms with van der Waals surface area (Å²) in [5, 5.41) is 21.5. The number of aromatic nitrogens is 3. The van der Waals surface area contributed by atoms with Crippen LogP contribution in [0.3, 0.4) is 0 Å². The molecule has 3 aromatic rings. The van der Waals surface area contributed by atoms with Gasteiger partial charge in [-0.2, -0.15) is 0 Å². The Labute approximate surface area is 173 Å². The number of benzene rings is 2. The largest absolute Gasteiger partial charge is 0.323 e. The molecule has 0 radical (unpaired) electrons. The number of amides is 1. The van der Waals surface area contributed by atoms with Crippen LogP contribution < -0.4 is 5.32 Å². The summed E-state index contributed by atoms with van der Waals surface area (Å²) < 4.78 is 29.6. The van der Waals surface area contributed by atoms with Gasteiger partial charge in [-0.25, -0.2) is 8.78 Å². The Morgan fingerprint density at radius 1 is 1.23 bits per heavy atom. The molecule has 0 unspecified atom stereocenters. The fourth-order valence-corrected chi connectivity index (χ4v) is 3.32. The van der Waals surface area contributed by atoms with E-state index in [1.165, 1.54) is 6.07 Å². The number of nitrogens with zero attached hydrogens (tertiary/aromatic N) is 4. The highest BCUT2D eigenvalue weighted by atomic mass is 32.2. The van der Waals surface area contributed by atoms with Gasteiger partial charge in [0.15, 0.2) is 11.0 Å². The van der Waals surface area contributed by atoms with Gasteiger partial charge >= 0.3 is 0 Å². The number of carbonyl (C=O) groups is 1. The smallest absolute Gasteiger partial charge is 0.271 e. The molecular weight excluding hydrogens is 416 g/mol. The zero-order valence-electron chi connectivity index (χ0n) is 15.4. The van der Waals surface area contributed by atoms with Crippen LogP contribution in [0.4, 0.5) is 20.2 Å². The third-order valence-corrected chi connectivity index (χ3v) is 4.88. The molecule has 3 rings (SSSR count). The van der Waals surface area contributed by atoms with Gasteiger partial charge in [-0.1, -0.05) is 30.0 Å². The van der Waals surface area contributed by atoms with Crippen LogP contribution in [0.15, 0.2) is 60.3 Å². The number of hydrogen-bond acceptors (Lipinski definition) is 6. The van der Waals surface area contributed by atoms with Crippen LogP contribution in [0.25, 0.3) is 11.4 Å². The molecule has 0 aliphatic rings. The van der Waals surface area contributed by atoms with Gasteiger partial charge in [-0.3, -0.25) is 19.5 Å². The minimum absolute atomic E-state index is 0.172. The van der Waals surface area contributed by atoms with Crippen LogP contribution in [0.1, 0.15) is 0 Å². The number of anilines is 1. The predicted octanol–water partition coefficient (Wildman–Crippen LogP) is 4.05. The number of nitro groups is 1. The molecule has 0 atom stereocenters. The lowest BCUT2D eigenvalue weighted by atomic mass is 10.2. The Balaban J connectivity index is 1.75. The molecule has 154 valence electrons. The Hall–Kier alpha value is -3.60. The lowest BCUT2D eigenvalue weighted by molar-refractivity contribution is -0.384. The van der Waals surface area contributed by atoms with E-state index in [-0.39, 0.29) is 35.1 Å². The molecule has 0 aliphatic heterocycles. The van der Waals surface area contributed by atoms with Gasteiger partial charge in [-0.15, -0.1) is 16.8 Å². The maximum atomic E-state index is 14.1. The predicted molar refractivity (Wildman–Crippen MR) is 108 cm³/mol. The molecule has 8 nitrogen and oxygen atoms in total. The standard InChI is InChI=1S/C19H15F2N5O3S/c1-2-9-25-18(13-5-3-4-6-14(13)20)23-24-19(25)30-11-17(27)22-16-10-12(26(28)29)7-8-15(16)21/h2-8,10H,1,9,11H2,(H,22,27). The number of rotatable bonds is 8. The van der Waals surface area contributed by atoms with E-state index in [4.69, 9.17) is 0 Å². The molecule has 1 aromatic heterocycles. The van der Waals surface area contributed by atoms with Gasteiger partial charge in [0, 0.05) is 18.7 Å². The van der Waals surface area contributed by atoms with Crippen LogP contribution in [-0.2, 0) is 11.3 Å². The monoisotopic (exact) mass is 431 g/mol. The lowest BCUT2D eigenvalue weighted by Gasteiger charge is -2.09. The van der Waals surface area contributed by atoms with Crippen molar-refractivity contribution in [1.82, 2.24) is 14.8 Å². The van der Waals surface area contributed by atoms with Gasteiger partial charge in [0.2, 0.25) is 5.91 Å². The summed E-state index contributed by atoms with van der Waals surface area (Å²) in [4.78, 5) is 22.3. The van der Waals surface area contributed by atoms with Gasteiger partial charge in [0.05, 0.1) is 21.9 Å². The fraction of sp³-hybridized carbons (Fsp3) is 0.105. The third-order valence-electron chi connectivity index (χ3n) is 3.91. The van der Waals surface area contributed by atoms with Crippen molar-refractivity contribution >= 4 is 29.0 Å². The fourth-order valence-electron chi connectivity index (χ4n) is 2.57. The molecule has 1 amide bonds. The highest BCUT2D eigenvalue weighted by molar-refractivity contribution is 7.99. The molecule has 0 saturated heterocycles. The average Bonchev–Trinajstić information content (AvgIpc) is 3.11. The van der Waals surface area contributed by atoms with E-state index in [0.717, 1.165) is 30.0 Å². The van der Waals surface area contributed by atoms with E-state index in [1.54, 1.807) is 28.8 Å². The first kappa shape index (κ1) is 21.1. The quantitative estimate of drug-likeness (QED) is 0.250. The summed E-state index contributed by atoms with van der Waals surface area (Å²) in [7, 11) is 0. The van der Waals surface area contributed by atoms with Crippen molar-refractivity contribution in [3.63, 3.8) is 0 Å². The van der Waals surface area contributed by atoms with Crippen LogP contribution in [0.5, 0.6) is 0 Å². The zero-order chi connectivity index (χ0) is 21.7. The number of nitrogens with one attached hydrogen (secondary N) is 1. The molecule has 2 aromatic carbocycles. The first-order valence-electron chi connectivity index (χ1n) is 8.56. The van der Waals surface area contributed by atoms with Crippen molar-refractivity contribution < 1.29 is 18.5 Å². The summed E-state index contributed by atoms with van der Waals surface area (Å²) in [6.07, 6.45) is 1.58. The summed E-state index contributed by atoms with van der Waals surface area (Å²) in [5.74, 6) is -1.75. The second-order valence-electron chi connectivity index (χ2n) is 5.94. The van der Waals surface area contributed by atoms with E-state index in [9.17, 15) is 23.7 Å². The third kappa shape index (κ3) is 4.69. The molecule has 0 spiro atoms. The second kappa shape index (κ2) is 9.27. The van der Waals surface area contributed by atoms with Crippen LogP contribution in [0.2, 0.25) is 0 Å². The summed E-state index contributed by atoms with van der Waals surface area (Å²) in [6, 6.07) is 8.93. The zero-order valence-corrected chi connectivity index (χ0v) is 16.2. The maximum absolute atomic E-state index is 14.1. The molecule has 0 aliphatic carbocycles. The number of non-ortho nitro benzene ring substituents is 1.